The van der Waals surface area contributed by atoms with E-state index in [9.17, 15) is 24.8 Å². The molecule has 208 valence electrons. The predicted octanol–water partition coefficient (Wildman–Crippen LogP) is 5.31. The molecule has 1 aliphatic rings. The lowest BCUT2D eigenvalue weighted by Gasteiger charge is -2.30. The first-order chi connectivity index (χ1) is 19.7. The standard InChI is InChI=1S/C31H28N4O5S/c1-18-28(30(39)35-22-7-5-4-6-8-22)29(21-11-14-25(37)26(15-21)40-3)24(16-32)31(33-18)41-17-27(38)34-23-12-9-20(10-13-23)19(2)36/h4-15,29,33,37H,17H2,1-3H3,(H,34,38)(H,35,39). The number of nitrogens with one attached hydrogen (secondary N) is 3. The minimum absolute atomic E-state index is 0.0214. The van der Waals surface area contributed by atoms with Crippen LogP contribution in [0.5, 0.6) is 11.5 Å². The number of carbonyl (C=O) groups is 3. The minimum atomic E-state index is -0.802. The molecule has 0 saturated carbocycles. The second-order valence-corrected chi connectivity index (χ2v) is 10.2. The Bertz CT molecular complexity index is 1590. The third-order valence-corrected chi connectivity index (χ3v) is 7.40. The Kier molecular flexibility index (Phi) is 9.12. The van der Waals surface area contributed by atoms with Crippen LogP contribution in [0.2, 0.25) is 0 Å². The van der Waals surface area contributed by atoms with Crippen LogP contribution in [0.1, 0.15) is 35.7 Å². The molecule has 0 aliphatic carbocycles. The highest BCUT2D eigenvalue weighted by Gasteiger charge is 2.35. The number of anilines is 2. The highest BCUT2D eigenvalue weighted by atomic mass is 32.2. The Balaban J connectivity index is 1.63. The molecule has 1 atom stereocenters. The number of ketones is 1. The number of nitriles is 1. The number of allylic oxidation sites excluding steroid dienone is 2. The van der Waals surface area contributed by atoms with Gasteiger partial charge in [0.2, 0.25) is 5.91 Å². The number of thioether (sulfide) groups is 1. The molecule has 3 aromatic rings. The second-order valence-electron chi connectivity index (χ2n) is 9.17. The molecule has 1 unspecified atom stereocenters. The summed E-state index contributed by atoms with van der Waals surface area (Å²) in [4.78, 5) is 37.8. The third-order valence-electron chi connectivity index (χ3n) is 6.38. The number of methoxy groups -OCH3 is 1. The zero-order valence-corrected chi connectivity index (χ0v) is 23.5. The predicted molar refractivity (Wildman–Crippen MR) is 158 cm³/mol. The quantitative estimate of drug-likeness (QED) is 0.255. The van der Waals surface area contributed by atoms with E-state index in [-0.39, 0.29) is 34.5 Å². The molecule has 0 saturated heterocycles. The van der Waals surface area contributed by atoms with Crippen molar-refractivity contribution in [3.05, 3.63) is 106 Å². The molecule has 4 rings (SSSR count). The van der Waals surface area contributed by atoms with Gasteiger partial charge in [0, 0.05) is 28.2 Å². The highest BCUT2D eigenvalue weighted by molar-refractivity contribution is 8.03. The second kappa shape index (κ2) is 12.9. The van der Waals surface area contributed by atoms with Crippen LogP contribution >= 0.6 is 11.8 Å². The molecule has 1 heterocycles. The van der Waals surface area contributed by atoms with E-state index in [2.05, 4.69) is 22.0 Å². The molecule has 1 aliphatic heterocycles. The van der Waals surface area contributed by atoms with E-state index in [1.807, 2.05) is 6.07 Å². The Morgan fingerprint density at radius 3 is 2.34 bits per heavy atom. The van der Waals surface area contributed by atoms with Gasteiger partial charge in [-0.05, 0) is 67.9 Å². The molecule has 2 amide bonds. The Morgan fingerprint density at radius 1 is 1.02 bits per heavy atom. The van der Waals surface area contributed by atoms with Crippen molar-refractivity contribution in [2.24, 2.45) is 0 Å². The summed E-state index contributed by atoms with van der Waals surface area (Å²) < 4.78 is 5.29. The van der Waals surface area contributed by atoms with Crippen molar-refractivity contribution in [1.29, 1.82) is 5.26 Å². The number of ether oxygens (including phenoxy) is 1. The van der Waals surface area contributed by atoms with Crippen LogP contribution < -0.4 is 20.7 Å². The van der Waals surface area contributed by atoms with Gasteiger partial charge in [0.05, 0.1) is 35.5 Å². The smallest absolute Gasteiger partial charge is 0.254 e. The van der Waals surface area contributed by atoms with Crippen LogP contribution in [0.4, 0.5) is 11.4 Å². The number of amides is 2. The molecule has 0 spiro atoms. The van der Waals surface area contributed by atoms with Gasteiger partial charge >= 0.3 is 0 Å². The van der Waals surface area contributed by atoms with Crippen LogP contribution in [0.3, 0.4) is 0 Å². The Hall–Kier alpha value is -5.01. The van der Waals surface area contributed by atoms with Gasteiger partial charge in [-0.1, -0.05) is 36.0 Å². The lowest BCUT2D eigenvalue weighted by molar-refractivity contribution is -0.114. The van der Waals surface area contributed by atoms with Crippen molar-refractivity contribution in [2.75, 3.05) is 23.5 Å². The van der Waals surface area contributed by atoms with Crippen LogP contribution in [-0.4, -0.2) is 35.6 Å². The van der Waals surface area contributed by atoms with Crippen molar-refractivity contribution in [3.63, 3.8) is 0 Å². The van der Waals surface area contributed by atoms with Gasteiger partial charge in [-0.3, -0.25) is 14.4 Å². The zero-order chi connectivity index (χ0) is 29.5. The van der Waals surface area contributed by atoms with Gasteiger partial charge < -0.3 is 25.8 Å². The van der Waals surface area contributed by atoms with E-state index in [0.717, 1.165) is 11.8 Å². The van der Waals surface area contributed by atoms with Gasteiger partial charge in [-0.15, -0.1) is 0 Å². The van der Waals surface area contributed by atoms with Crippen LogP contribution in [-0.2, 0) is 9.59 Å². The number of aromatic hydroxyl groups is 1. The van der Waals surface area contributed by atoms with Crippen molar-refractivity contribution in [1.82, 2.24) is 5.32 Å². The minimum Gasteiger partial charge on any atom is -0.504 e. The number of carbonyl (C=O) groups excluding carboxylic acids is 3. The fourth-order valence-electron chi connectivity index (χ4n) is 4.38. The Labute approximate surface area is 241 Å². The first-order valence-electron chi connectivity index (χ1n) is 12.6. The number of Topliss-reactive ketones (excluding diaryl/α,β-unsaturated/α-hetero) is 1. The fourth-order valence-corrected chi connectivity index (χ4v) is 5.27. The van der Waals surface area contributed by atoms with Gasteiger partial charge in [0.25, 0.3) is 5.91 Å². The topological polar surface area (TPSA) is 141 Å². The van der Waals surface area contributed by atoms with Crippen molar-refractivity contribution >= 4 is 40.7 Å². The third kappa shape index (κ3) is 6.77. The number of rotatable bonds is 9. The number of nitrogens with zero attached hydrogens (tertiary/aromatic N) is 1. The molecule has 0 aromatic heterocycles. The summed E-state index contributed by atoms with van der Waals surface area (Å²) in [5.41, 5.74) is 3.30. The van der Waals surface area contributed by atoms with E-state index in [4.69, 9.17) is 4.74 Å². The summed E-state index contributed by atoms with van der Waals surface area (Å²) in [6.45, 7) is 3.20. The number of phenols is 1. The summed E-state index contributed by atoms with van der Waals surface area (Å²) in [5.74, 6) is -1.49. The maximum atomic E-state index is 13.6. The van der Waals surface area contributed by atoms with Gasteiger partial charge in [0.15, 0.2) is 17.3 Å². The number of para-hydroxylation sites is 1. The largest absolute Gasteiger partial charge is 0.504 e. The molecule has 0 fully saturated rings. The van der Waals surface area contributed by atoms with Crippen molar-refractivity contribution in [2.45, 2.75) is 19.8 Å². The molecule has 4 N–H and O–H groups in total. The van der Waals surface area contributed by atoms with Crippen LogP contribution in [0.25, 0.3) is 0 Å². The van der Waals surface area contributed by atoms with E-state index in [1.165, 1.54) is 20.1 Å². The monoisotopic (exact) mass is 568 g/mol. The van der Waals surface area contributed by atoms with Gasteiger partial charge in [-0.2, -0.15) is 5.26 Å². The van der Waals surface area contributed by atoms with Crippen LogP contribution in [0.15, 0.2) is 94.7 Å². The summed E-state index contributed by atoms with van der Waals surface area (Å²) in [7, 11) is 1.42. The average Bonchev–Trinajstić information content (AvgIpc) is 2.96. The zero-order valence-electron chi connectivity index (χ0n) is 22.6. The molecule has 0 bridgehead atoms. The van der Waals surface area contributed by atoms with Crippen molar-refractivity contribution in [3.8, 4) is 17.6 Å². The molecular formula is C31H28N4O5S. The van der Waals surface area contributed by atoms with Crippen molar-refractivity contribution < 1.29 is 24.2 Å². The molecule has 10 heteroatoms. The maximum Gasteiger partial charge on any atom is 0.254 e. The number of benzene rings is 3. The molecule has 41 heavy (non-hydrogen) atoms. The molecule has 0 radical (unpaired) electrons. The highest BCUT2D eigenvalue weighted by Crippen LogP contribution is 2.43. The normalized spacial score (nSPS) is 14.5. The lowest BCUT2D eigenvalue weighted by atomic mass is 9.82. The first kappa shape index (κ1) is 29.0. The fraction of sp³-hybridized carbons (Fsp3) is 0.161. The SMILES string of the molecule is COc1cc(C2C(C#N)=C(SCC(=O)Nc3ccc(C(C)=O)cc3)NC(C)=C2C(=O)Nc2ccccc2)ccc1O. The summed E-state index contributed by atoms with van der Waals surface area (Å²) in [6.07, 6.45) is 0. The number of hydrogen-bond acceptors (Lipinski definition) is 8. The van der Waals surface area contributed by atoms with E-state index < -0.39 is 11.8 Å². The summed E-state index contributed by atoms with van der Waals surface area (Å²) >= 11 is 1.13. The number of hydrogen-bond donors (Lipinski definition) is 4. The maximum absolute atomic E-state index is 13.6. The number of phenolic OH excluding ortho intramolecular Hbond substituents is 1. The van der Waals surface area contributed by atoms with Gasteiger partial charge in [-0.25, -0.2) is 0 Å². The average molecular weight is 569 g/mol. The molecule has 9 nitrogen and oxygen atoms in total. The summed E-state index contributed by atoms with van der Waals surface area (Å²) in [5, 5.41) is 29.7. The lowest BCUT2D eigenvalue weighted by Crippen LogP contribution is -2.31. The van der Waals surface area contributed by atoms with E-state index in [0.29, 0.717) is 38.8 Å². The summed E-state index contributed by atoms with van der Waals surface area (Å²) in [6, 6.07) is 22.4. The molecule has 3 aromatic carbocycles. The molecular weight excluding hydrogens is 540 g/mol. The first-order valence-corrected chi connectivity index (χ1v) is 13.6. The van der Waals surface area contributed by atoms with E-state index >= 15 is 0 Å². The Morgan fingerprint density at radius 2 is 1.71 bits per heavy atom. The van der Waals surface area contributed by atoms with Gasteiger partial charge in [0.1, 0.15) is 0 Å². The number of dihydropyridines is 1. The van der Waals surface area contributed by atoms with Crippen LogP contribution in [0, 0.1) is 11.3 Å². The van der Waals surface area contributed by atoms with E-state index in [1.54, 1.807) is 67.6 Å².